The molecule has 0 saturated heterocycles. The van der Waals surface area contributed by atoms with Crippen LogP contribution in [0.5, 0.6) is 11.5 Å². The maximum atomic E-state index is 12.3. The number of para-hydroxylation sites is 3. The van der Waals surface area contributed by atoms with Gasteiger partial charge in [0.2, 0.25) is 15.9 Å². The van der Waals surface area contributed by atoms with Gasteiger partial charge in [0.15, 0.2) is 0 Å². The molecule has 152 valence electrons. The van der Waals surface area contributed by atoms with Gasteiger partial charge in [0.25, 0.3) is 0 Å². The van der Waals surface area contributed by atoms with E-state index in [2.05, 4.69) is 5.32 Å². The average Bonchev–Trinajstić information content (AvgIpc) is 2.65. The Kier molecular flexibility index (Phi) is 7.95. The summed E-state index contributed by atoms with van der Waals surface area (Å²) in [6, 6.07) is 13.7. The highest BCUT2D eigenvalue weighted by atomic mass is 35.5. The number of ether oxygens (including phenoxy) is 2. The monoisotopic (exact) mass is 426 g/mol. The molecule has 0 radical (unpaired) electrons. The first-order valence-corrected chi connectivity index (χ1v) is 10.9. The number of nitrogens with one attached hydrogen (secondary N) is 1. The van der Waals surface area contributed by atoms with E-state index >= 15 is 0 Å². The lowest BCUT2D eigenvalue weighted by Crippen LogP contribution is -2.41. The summed E-state index contributed by atoms with van der Waals surface area (Å²) < 4.78 is 36.5. The number of sulfonamides is 1. The fourth-order valence-electron chi connectivity index (χ4n) is 2.42. The Morgan fingerprint density at radius 2 is 1.71 bits per heavy atom. The molecule has 0 spiro atoms. The Morgan fingerprint density at radius 1 is 1.07 bits per heavy atom. The second-order valence-corrected chi connectivity index (χ2v) is 8.11. The first kappa shape index (κ1) is 21.8. The Morgan fingerprint density at radius 3 is 2.36 bits per heavy atom. The van der Waals surface area contributed by atoms with E-state index in [1.165, 1.54) is 0 Å². The number of halogens is 1. The van der Waals surface area contributed by atoms with Gasteiger partial charge in [-0.2, -0.15) is 0 Å². The van der Waals surface area contributed by atoms with Crippen LogP contribution in [0.1, 0.15) is 6.92 Å². The van der Waals surface area contributed by atoms with Gasteiger partial charge in [0.1, 0.15) is 24.7 Å². The predicted molar refractivity (Wildman–Crippen MR) is 110 cm³/mol. The number of carbonyl (C=O) groups excluding carboxylic acids is 1. The Hall–Kier alpha value is -2.45. The van der Waals surface area contributed by atoms with E-state index in [9.17, 15) is 13.2 Å². The molecule has 0 unspecified atom stereocenters. The van der Waals surface area contributed by atoms with Crippen LogP contribution >= 0.6 is 11.6 Å². The van der Waals surface area contributed by atoms with Crippen molar-refractivity contribution in [1.29, 1.82) is 0 Å². The van der Waals surface area contributed by atoms with Crippen molar-refractivity contribution >= 4 is 33.2 Å². The molecule has 0 atom stereocenters. The maximum Gasteiger partial charge on any atom is 0.240 e. The highest BCUT2D eigenvalue weighted by Gasteiger charge is 2.23. The number of amides is 1. The standard InChI is InChI=1S/C19H23ClN2O5S/c1-3-26-18-11-7-5-9-16(18)22(28(2,24)25)14-19(23)21-12-13-27-17-10-6-4-8-15(17)20/h4-11H,3,12-14H2,1-2H3,(H,21,23). The van der Waals surface area contributed by atoms with Crippen molar-refractivity contribution in [1.82, 2.24) is 5.32 Å². The Bertz CT molecular complexity index is 905. The number of anilines is 1. The number of hydrogen-bond acceptors (Lipinski definition) is 5. The van der Waals surface area contributed by atoms with Crippen LogP contribution in [0.25, 0.3) is 0 Å². The third kappa shape index (κ3) is 6.31. The molecule has 0 aliphatic heterocycles. The summed E-state index contributed by atoms with van der Waals surface area (Å²) in [5.41, 5.74) is 0.314. The van der Waals surface area contributed by atoms with E-state index < -0.39 is 15.9 Å². The van der Waals surface area contributed by atoms with Gasteiger partial charge in [0.05, 0.1) is 30.1 Å². The second kappa shape index (κ2) is 10.2. The lowest BCUT2D eigenvalue weighted by atomic mass is 10.3. The first-order valence-electron chi connectivity index (χ1n) is 8.66. The van der Waals surface area contributed by atoms with Crippen LogP contribution in [0, 0.1) is 0 Å². The minimum Gasteiger partial charge on any atom is -0.492 e. The topological polar surface area (TPSA) is 84.9 Å². The molecular formula is C19H23ClN2O5S. The number of carbonyl (C=O) groups is 1. The largest absolute Gasteiger partial charge is 0.492 e. The predicted octanol–water partition coefficient (Wildman–Crippen LogP) is 2.70. The summed E-state index contributed by atoms with van der Waals surface area (Å²) in [6.07, 6.45) is 1.05. The minimum absolute atomic E-state index is 0.198. The van der Waals surface area contributed by atoms with E-state index in [0.717, 1.165) is 10.6 Å². The van der Waals surface area contributed by atoms with Crippen LogP contribution in [0.3, 0.4) is 0 Å². The zero-order chi connectivity index (χ0) is 20.6. The lowest BCUT2D eigenvalue weighted by molar-refractivity contribution is -0.119. The quantitative estimate of drug-likeness (QED) is 0.590. The first-order chi connectivity index (χ1) is 13.3. The second-order valence-electron chi connectivity index (χ2n) is 5.80. The molecule has 2 rings (SSSR count). The summed E-state index contributed by atoms with van der Waals surface area (Å²) in [5, 5.41) is 3.12. The smallest absolute Gasteiger partial charge is 0.240 e. The highest BCUT2D eigenvalue weighted by Crippen LogP contribution is 2.29. The summed E-state index contributed by atoms with van der Waals surface area (Å²) >= 11 is 6.00. The zero-order valence-corrected chi connectivity index (χ0v) is 17.3. The van der Waals surface area contributed by atoms with Crippen LogP contribution in [-0.2, 0) is 14.8 Å². The minimum atomic E-state index is -3.69. The fourth-order valence-corrected chi connectivity index (χ4v) is 3.47. The van der Waals surface area contributed by atoms with Crippen LogP contribution in [0.15, 0.2) is 48.5 Å². The molecule has 28 heavy (non-hydrogen) atoms. The van der Waals surface area contributed by atoms with Crippen molar-refractivity contribution in [3.05, 3.63) is 53.6 Å². The number of hydrogen-bond donors (Lipinski definition) is 1. The van der Waals surface area contributed by atoms with Crippen molar-refractivity contribution in [2.24, 2.45) is 0 Å². The van der Waals surface area contributed by atoms with Crippen LogP contribution in [-0.4, -0.2) is 46.9 Å². The molecule has 0 fully saturated rings. The molecule has 0 heterocycles. The molecule has 2 aromatic rings. The maximum absolute atomic E-state index is 12.3. The molecule has 0 aliphatic carbocycles. The van der Waals surface area contributed by atoms with Crippen molar-refractivity contribution in [3.8, 4) is 11.5 Å². The Balaban J connectivity index is 1.98. The van der Waals surface area contributed by atoms with Gasteiger partial charge < -0.3 is 14.8 Å². The molecule has 9 heteroatoms. The van der Waals surface area contributed by atoms with Crippen molar-refractivity contribution < 1.29 is 22.7 Å². The fraction of sp³-hybridized carbons (Fsp3) is 0.316. The van der Waals surface area contributed by atoms with Gasteiger partial charge in [-0.25, -0.2) is 8.42 Å². The molecular weight excluding hydrogens is 404 g/mol. The molecule has 0 aliphatic rings. The van der Waals surface area contributed by atoms with Gasteiger partial charge in [-0.05, 0) is 31.2 Å². The number of nitrogens with zero attached hydrogens (tertiary/aromatic N) is 1. The molecule has 7 nitrogen and oxygen atoms in total. The van der Waals surface area contributed by atoms with Crippen molar-refractivity contribution in [3.63, 3.8) is 0 Å². The van der Waals surface area contributed by atoms with Crippen LogP contribution in [0.2, 0.25) is 5.02 Å². The molecule has 0 bridgehead atoms. The van der Waals surface area contributed by atoms with E-state index in [4.69, 9.17) is 21.1 Å². The van der Waals surface area contributed by atoms with E-state index in [1.807, 2.05) is 0 Å². The van der Waals surface area contributed by atoms with Crippen molar-refractivity contribution in [2.75, 3.05) is 36.9 Å². The number of benzene rings is 2. The van der Waals surface area contributed by atoms with E-state index in [-0.39, 0.29) is 19.7 Å². The average molecular weight is 427 g/mol. The van der Waals surface area contributed by atoms with Gasteiger partial charge in [0, 0.05) is 0 Å². The molecule has 1 amide bonds. The van der Waals surface area contributed by atoms with Gasteiger partial charge in [-0.1, -0.05) is 35.9 Å². The van der Waals surface area contributed by atoms with Crippen molar-refractivity contribution in [2.45, 2.75) is 6.92 Å². The summed E-state index contributed by atoms with van der Waals surface area (Å²) in [5.74, 6) is 0.451. The van der Waals surface area contributed by atoms with Gasteiger partial charge >= 0.3 is 0 Å². The van der Waals surface area contributed by atoms with Gasteiger partial charge in [-0.15, -0.1) is 0 Å². The van der Waals surface area contributed by atoms with Crippen LogP contribution < -0.4 is 19.1 Å². The van der Waals surface area contributed by atoms with Gasteiger partial charge in [-0.3, -0.25) is 9.10 Å². The third-order valence-electron chi connectivity index (χ3n) is 3.64. The molecule has 2 aromatic carbocycles. The SMILES string of the molecule is CCOc1ccccc1N(CC(=O)NCCOc1ccccc1Cl)S(C)(=O)=O. The molecule has 0 saturated carbocycles. The third-order valence-corrected chi connectivity index (χ3v) is 5.08. The zero-order valence-electron chi connectivity index (χ0n) is 15.7. The normalized spacial score (nSPS) is 11.0. The lowest BCUT2D eigenvalue weighted by Gasteiger charge is -2.24. The van der Waals surface area contributed by atoms with E-state index in [0.29, 0.717) is 28.8 Å². The molecule has 1 N–H and O–H groups in total. The summed E-state index contributed by atoms with van der Waals surface area (Å²) in [7, 11) is -3.69. The van der Waals surface area contributed by atoms with E-state index in [1.54, 1.807) is 55.5 Å². The molecule has 0 aromatic heterocycles. The number of rotatable bonds is 10. The summed E-state index contributed by atoms with van der Waals surface area (Å²) in [6.45, 7) is 2.21. The highest BCUT2D eigenvalue weighted by molar-refractivity contribution is 7.92. The summed E-state index contributed by atoms with van der Waals surface area (Å²) in [4.78, 5) is 12.3. The Labute approximate surface area is 170 Å². The van der Waals surface area contributed by atoms with Crippen LogP contribution in [0.4, 0.5) is 5.69 Å².